The van der Waals surface area contributed by atoms with Crippen LogP contribution < -0.4 is 0 Å². The van der Waals surface area contributed by atoms with E-state index < -0.39 is 0 Å². The summed E-state index contributed by atoms with van der Waals surface area (Å²) in [5.41, 5.74) is 14.4. The SMILES string of the molecule is N#Cc1c(-n2c3ccccc3c3ccccc32)c(C#N)c(-n2c3ccccc3c3ccccc32)c(-n2c3cccc(-c4cccc5oc6ccccc6c45)c3c3ccc4c5ccccc5sc4c32)c1-n1c2ccccc2c2ccccc21. The van der Waals surface area contributed by atoms with Crippen LogP contribution in [0.25, 0.3) is 163 Å². The number of para-hydroxylation sites is 7. The van der Waals surface area contributed by atoms with Gasteiger partial charge < -0.3 is 22.7 Å². The second kappa shape index (κ2) is 16.7. The van der Waals surface area contributed by atoms with Crippen LogP contribution in [0, 0.1) is 22.7 Å². The average Bonchev–Trinajstić information content (AvgIpc) is 1.91. The molecule has 0 aliphatic rings. The maximum Gasteiger partial charge on any atom is 0.136 e. The molecule has 0 unspecified atom stereocenters. The monoisotopic (exact) mass is 1060 g/mol. The Labute approximate surface area is 471 Å². The minimum atomic E-state index is 0.360. The van der Waals surface area contributed by atoms with E-state index in [1.165, 1.54) is 10.1 Å². The van der Waals surface area contributed by atoms with Crippen molar-refractivity contribution in [3.63, 3.8) is 0 Å². The number of thiophene rings is 1. The molecule has 0 atom stereocenters. The van der Waals surface area contributed by atoms with Crippen molar-refractivity contribution in [2.45, 2.75) is 0 Å². The summed E-state index contributed by atoms with van der Waals surface area (Å²) in [5, 5.41) is 38.2. The standard InChI is InChI=1S/C74H40N6OS/c75-41-55-69(77-57-29-9-1-19-43(57)44-20-2-10-30-58(44)77)56(42-76)71(79-61-33-13-5-23-47(61)48-24-6-14-34-62(48)79)73(70(55)78-59-31-11-3-21-45(59)46-22-4-12-32-60(46)78)80-63-35-17-27-50(51-28-18-37-65-68(51)53-26-7-15-36-64(53)81-65)67(63)54-40-39-52-49-25-8-16-38-66(49)82-74(52)72(54)80/h1-40H. The average molecular weight is 1060 g/mol. The maximum absolute atomic E-state index is 12.7. The highest BCUT2D eigenvalue weighted by molar-refractivity contribution is 7.26. The maximum atomic E-state index is 12.7. The van der Waals surface area contributed by atoms with Gasteiger partial charge in [0.1, 0.15) is 34.4 Å². The van der Waals surface area contributed by atoms with Crippen molar-refractivity contribution >= 4 is 141 Å². The molecule has 12 aromatic carbocycles. The number of hydrogen-bond donors (Lipinski definition) is 0. The molecule has 6 aromatic heterocycles. The van der Waals surface area contributed by atoms with Crippen molar-refractivity contribution in [3.05, 3.63) is 254 Å². The summed E-state index contributed by atoms with van der Waals surface area (Å²) in [5.74, 6) is 0. The molecule has 8 heteroatoms. The summed E-state index contributed by atoms with van der Waals surface area (Å²) in [6, 6.07) is 91.2. The summed E-state index contributed by atoms with van der Waals surface area (Å²) >= 11 is 1.78. The van der Waals surface area contributed by atoms with Crippen molar-refractivity contribution in [2.24, 2.45) is 0 Å². The number of benzene rings is 12. The van der Waals surface area contributed by atoms with Crippen molar-refractivity contribution in [2.75, 3.05) is 0 Å². The van der Waals surface area contributed by atoms with Crippen molar-refractivity contribution in [1.82, 2.24) is 18.3 Å². The van der Waals surface area contributed by atoms with Crippen LogP contribution in [0.4, 0.5) is 0 Å². The number of rotatable bonds is 5. The van der Waals surface area contributed by atoms with E-state index in [4.69, 9.17) is 4.42 Å². The highest BCUT2D eigenvalue weighted by Crippen LogP contribution is 2.52. The minimum Gasteiger partial charge on any atom is -0.456 e. The van der Waals surface area contributed by atoms with Crippen molar-refractivity contribution in [1.29, 1.82) is 10.5 Å². The summed E-state index contributed by atoms with van der Waals surface area (Å²) in [6.07, 6.45) is 0. The topological polar surface area (TPSA) is 80.4 Å². The lowest BCUT2D eigenvalue weighted by molar-refractivity contribution is 0.669. The Bertz CT molecular complexity index is 5630. The Morgan fingerprint density at radius 1 is 0.293 bits per heavy atom. The lowest BCUT2D eigenvalue weighted by Crippen LogP contribution is -2.17. The molecule has 0 aliphatic heterocycles. The zero-order valence-electron chi connectivity index (χ0n) is 43.6. The van der Waals surface area contributed by atoms with E-state index in [-0.39, 0.29) is 0 Å². The molecule has 0 amide bonds. The normalized spacial score (nSPS) is 12.1. The van der Waals surface area contributed by atoms with Gasteiger partial charge in [0.2, 0.25) is 0 Å². The number of nitrogens with zero attached hydrogens (tertiary/aromatic N) is 6. The van der Waals surface area contributed by atoms with E-state index in [0.717, 1.165) is 130 Å². The van der Waals surface area contributed by atoms with E-state index >= 15 is 0 Å². The van der Waals surface area contributed by atoms with Gasteiger partial charge in [-0.15, -0.1) is 11.3 Å². The number of hydrogen-bond acceptors (Lipinski definition) is 4. The molecular weight excluding hydrogens is 1020 g/mol. The first-order valence-corrected chi connectivity index (χ1v) is 28.3. The van der Waals surface area contributed by atoms with E-state index in [0.29, 0.717) is 33.9 Å². The molecule has 0 bridgehead atoms. The van der Waals surface area contributed by atoms with Crippen LogP contribution in [0.5, 0.6) is 0 Å². The Kier molecular flexibility index (Phi) is 9.11. The zero-order valence-corrected chi connectivity index (χ0v) is 44.4. The van der Waals surface area contributed by atoms with Gasteiger partial charge in [0, 0.05) is 69.3 Å². The minimum absolute atomic E-state index is 0.360. The molecular formula is C74H40N6OS. The molecule has 0 radical (unpaired) electrons. The number of furan rings is 1. The van der Waals surface area contributed by atoms with Crippen molar-refractivity contribution < 1.29 is 4.42 Å². The largest absolute Gasteiger partial charge is 0.456 e. The van der Waals surface area contributed by atoms with Gasteiger partial charge in [-0.25, -0.2) is 0 Å². The van der Waals surface area contributed by atoms with E-state index in [2.05, 4.69) is 249 Å². The van der Waals surface area contributed by atoms with Crippen LogP contribution in [-0.4, -0.2) is 18.3 Å². The molecule has 0 aliphatic carbocycles. The lowest BCUT2D eigenvalue weighted by Gasteiger charge is -2.27. The number of nitriles is 2. The first-order valence-electron chi connectivity index (χ1n) is 27.5. The zero-order chi connectivity index (χ0) is 53.9. The third-order valence-corrected chi connectivity index (χ3v) is 18.4. The van der Waals surface area contributed by atoms with E-state index in [1.54, 1.807) is 11.3 Å². The molecule has 7 nitrogen and oxygen atoms in total. The van der Waals surface area contributed by atoms with Crippen molar-refractivity contribution in [3.8, 4) is 46.0 Å². The summed E-state index contributed by atoms with van der Waals surface area (Å²) < 4.78 is 18.1. The van der Waals surface area contributed by atoms with Crippen LogP contribution in [0.15, 0.2) is 247 Å². The van der Waals surface area contributed by atoms with Gasteiger partial charge >= 0.3 is 0 Å². The molecule has 82 heavy (non-hydrogen) atoms. The molecule has 0 saturated carbocycles. The fraction of sp³-hybridized carbons (Fsp3) is 0. The van der Waals surface area contributed by atoms with Gasteiger partial charge in [-0.3, -0.25) is 0 Å². The summed E-state index contributed by atoms with van der Waals surface area (Å²) in [4.78, 5) is 0. The highest BCUT2D eigenvalue weighted by atomic mass is 32.1. The van der Waals surface area contributed by atoms with Gasteiger partial charge in [0.25, 0.3) is 0 Å². The molecule has 6 heterocycles. The molecule has 0 fully saturated rings. The van der Waals surface area contributed by atoms with Gasteiger partial charge in [0.15, 0.2) is 0 Å². The smallest absolute Gasteiger partial charge is 0.136 e. The molecule has 18 aromatic rings. The van der Waals surface area contributed by atoms with Gasteiger partial charge in [-0.1, -0.05) is 182 Å². The number of aromatic nitrogens is 4. The summed E-state index contributed by atoms with van der Waals surface area (Å²) in [7, 11) is 0. The molecule has 378 valence electrons. The summed E-state index contributed by atoms with van der Waals surface area (Å²) in [6.45, 7) is 0. The van der Waals surface area contributed by atoms with E-state index in [9.17, 15) is 10.5 Å². The fourth-order valence-corrected chi connectivity index (χ4v) is 15.3. The predicted octanol–water partition coefficient (Wildman–Crippen LogP) is 19.8. The Morgan fingerprint density at radius 2 is 0.683 bits per heavy atom. The first kappa shape index (κ1) is 44.8. The lowest BCUT2D eigenvalue weighted by atomic mass is 9.95. The second-order valence-electron chi connectivity index (χ2n) is 21.2. The van der Waals surface area contributed by atoms with Crippen LogP contribution in [-0.2, 0) is 0 Å². The van der Waals surface area contributed by atoms with Crippen LogP contribution in [0.2, 0.25) is 0 Å². The third kappa shape index (κ3) is 5.79. The first-order chi connectivity index (χ1) is 40.7. The molecule has 0 spiro atoms. The number of fused-ring (bicyclic) bond motifs is 19. The Balaban J connectivity index is 1.16. The van der Waals surface area contributed by atoms with Crippen LogP contribution in [0.1, 0.15) is 11.1 Å². The van der Waals surface area contributed by atoms with E-state index in [1.807, 2.05) is 24.3 Å². The van der Waals surface area contributed by atoms with Gasteiger partial charge in [-0.2, -0.15) is 10.5 Å². The quantitative estimate of drug-likeness (QED) is 0.172. The Morgan fingerprint density at radius 3 is 1.20 bits per heavy atom. The second-order valence-corrected chi connectivity index (χ2v) is 22.3. The molecule has 0 N–H and O–H groups in total. The Hall–Kier alpha value is -11.2. The highest BCUT2D eigenvalue weighted by Gasteiger charge is 2.35. The fourth-order valence-electron chi connectivity index (χ4n) is 14.1. The van der Waals surface area contributed by atoms with Gasteiger partial charge in [-0.05, 0) is 71.8 Å². The third-order valence-electron chi connectivity index (χ3n) is 17.2. The van der Waals surface area contributed by atoms with Crippen LogP contribution in [0.3, 0.4) is 0 Å². The molecule has 0 saturated heterocycles. The van der Waals surface area contributed by atoms with Crippen LogP contribution >= 0.6 is 11.3 Å². The predicted molar refractivity (Wildman–Crippen MR) is 339 cm³/mol. The molecule has 18 rings (SSSR count). The van der Waals surface area contributed by atoms with Gasteiger partial charge in [0.05, 0.1) is 71.6 Å².